The Bertz CT molecular complexity index is 506. The van der Waals surface area contributed by atoms with Gasteiger partial charge < -0.3 is 5.32 Å². The third-order valence-electron chi connectivity index (χ3n) is 2.97. The summed E-state index contributed by atoms with van der Waals surface area (Å²) in [6.07, 6.45) is 1.95. The van der Waals surface area contributed by atoms with Gasteiger partial charge in [0.05, 0.1) is 5.75 Å². The Balaban J connectivity index is 1.75. The summed E-state index contributed by atoms with van der Waals surface area (Å²) in [5.41, 5.74) is 0.563. The van der Waals surface area contributed by atoms with E-state index in [0.717, 1.165) is 12.8 Å². The second-order valence-corrected chi connectivity index (χ2v) is 6.10. The number of rotatable bonds is 5. The Labute approximate surface area is 121 Å². The van der Waals surface area contributed by atoms with Crippen LogP contribution in [0.4, 0.5) is 9.18 Å². The number of carbonyl (C=O) groups is 2. The second kappa shape index (κ2) is 6.74. The molecule has 0 bridgehead atoms. The molecule has 1 aliphatic carbocycles. The summed E-state index contributed by atoms with van der Waals surface area (Å²) in [4.78, 5) is 22.9. The maximum atomic E-state index is 13.5. The molecule has 2 rings (SSSR count). The van der Waals surface area contributed by atoms with E-state index >= 15 is 0 Å². The van der Waals surface area contributed by atoms with E-state index in [2.05, 4.69) is 10.6 Å². The number of benzene rings is 1. The first kappa shape index (κ1) is 14.8. The van der Waals surface area contributed by atoms with Crippen LogP contribution in [0.25, 0.3) is 0 Å². The van der Waals surface area contributed by atoms with Gasteiger partial charge in [-0.25, -0.2) is 9.18 Å². The van der Waals surface area contributed by atoms with Gasteiger partial charge >= 0.3 is 6.03 Å². The van der Waals surface area contributed by atoms with Crippen molar-refractivity contribution in [2.45, 2.75) is 31.1 Å². The van der Waals surface area contributed by atoms with E-state index < -0.39 is 6.03 Å². The molecule has 0 aliphatic heterocycles. The summed E-state index contributed by atoms with van der Waals surface area (Å²) in [6, 6.07) is 6.26. The zero-order valence-electron chi connectivity index (χ0n) is 11.2. The first-order valence-corrected chi connectivity index (χ1v) is 7.57. The molecule has 1 saturated carbocycles. The molecule has 0 saturated heterocycles. The smallest absolute Gasteiger partial charge is 0.321 e. The minimum absolute atomic E-state index is 0.119. The molecule has 0 unspecified atom stereocenters. The molecule has 3 amide bonds. The van der Waals surface area contributed by atoms with Crippen molar-refractivity contribution in [1.29, 1.82) is 0 Å². The SMILES string of the molecule is C[C@H](SCC(=O)NC(=O)NC1CC1)c1ccccc1F. The van der Waals surface area contributed by atoms with Crippen molar-refractivity contribution < 1.29 is 14.0 Å². The third-order valence-corrected chi connectivity index (χ3v) is 4.16. The van der Waals surface area contributed by atoms with Crippen molar-refractivity contribution in [1.82, 2.24) is 10.6 Å². The van der Waals surface area contributed by atoms with Crippen LogP contribution in [-0.2, 0) is 4.79 Å². The van der Waals surface area contributed by atoms with Gasteiger partial charge in [0.25, 0.3) is 0 Å². The maximum Gasteiger partial charge on any atom is 0.321 e. The maximum absolute atomic E-state index is 13.5. The van der Waals surface area contributed by atoms with E-state index in [1.807, 2.05) is 6.92 Å². The number of imide groups is 1. The van der Waals surface area contributed by atoms with Crippen LogP contribution in [0.15, 0.2) is 24.3 Å². The summed E-state index contributed by atoms with van der Waals surface area (Å²) in [7, 11) is 0. The van der Waals surface area contributed by atoms with Gasteiger partial charge in [-0.3, -0.25) is 10.1 Å². The molecular formula is C14H17FN2O2S. The molecule has 1 atom stereocenters. The van der Waals surface area contributed by atoms with E-state index in [9.17, 15) is 14.0 Å². The van der Waals surface area contributed by atoms with E-state index in [1.54, 1.807) is 18.2 Å². The molecule has 1 fully saturated rings. The molecule has 6 heteroatoms. The summed E-state index contributed by atoms with van der Waals surface area (Å²) in [5.74, 6) is -0.524. The van der Waals surface area contributed by atoms with Crippen molar-refractivity contribution in [3.05, 3.63) is 35.6 Å². The highest BCUT2D eigenvalue weighted by atomic mass is 32.2. The molecule has 1 aromatic carbocycles. The molecular weight excluding hydrogens is 279 g/mol. The number of hydrogen-bond acceptors (Lipinski definition) is 3. The average molecular weight is 296 g/mol. The monoisotopic (exact) mass is 296 g/mol. The fourth-order valence-corrected chi connectivity index (χ4v) is 2.55. The number of carbonyl (C=O) groups excluding carboxylic acids is 2. The molecule has 108 valence electrons. The Morgan fingerprint density at radius 2 is 2.10 bits per heavy atom. The Kier molecular flexibility index (Phi) is 5.00. The number of thioether (sulfide) groups is 1. The lowest BCUT2D eigenvalue weighted by molar-refractivity contribution is -0.117. The molecule has 20 heavy (non-hydrogen) atoms. The standard InChI is InChI=1S/C14H17FN2O2S/c1-9(11-4-2-3-5-12(11)15)20-8-13(18)17-14(19)16-10-6-7-10/h2-5,9-10H,6-8H2,1H3,(H2,16,17,18,19)/t9-/m0/s1. The predicted molar refractivity (Wildman–Crippen MR) is 77.0 cm³/mol. The van der Waals surface area contributed by atoms with Crippen LogP contribution in [0, 0.1) is 5.82 Å². The van der Waals surface area contributed by atoms with Crippen LogP contribution >= 0.6 is 11.8 Å². The zero-order chi connectivity index (χ0) is 14.5. The van der Waals surface area contributed by atoms with Crippen molar-refractivity contribution in [2.75, 3.05) is 5.75 Å². The Morgan fingerprint density at radius 1 is 1.40 bits per heavy atom. The molecule has 2 N–H and O–H groups in total. The fourth-order valence-electron chi connectivity index (χ4n) is 1.71. The molecule has 0 aromatic heterocycles. The van der Waals surface area contributed by atoms with Crippen LogP contribution in [0.2, 0.25) is 0 Å². The summed E-state index contributed by atoms with van der Waals surface area (Å²) in [5, 5.41) is 4.80. The van der Waals surface area contributed by atoms with E-state index in [4.69, 9.17) is 0 Å². The van der Waals surface area contributed by atoms with Crippen molar-refractivity contribution in [2.24, 2.45) is 0 Å². The zero-order valence-corrected chi connectivity index (χ0v) is 12.0. The van der Waals surface area contributed by atoms with Gasteiger partial charge in [0.1, 0.15) is 5.82 Å². The molecule has 0 heterocycles. The minimum atomic E-state index is -0.448. The summed E-state index contributed by atoms with van der Waals surface area (Å²) >= 11 is 1.30. The molecule has 4 nitrogen and oxygen atoms in total. The van der Waals surface area contributed by atoms with Crippen LogP contribution in [0.5, 0.6) is 0 Å². The first-order chi connectivity index (χ1) is 9.56. The van der Waals surface area contributed by atoms with Crippen LogP contribution in [-0.4, -0.2) is 23.7 Å². The Hall–Kier alpha value is -1.56. The molecule has 1 aliphatic rings. The molecule has 0 spiro atoms. The van der Waals surface area contributed by atoms with Gasteiger partial charge in [0.2, 0.25) is 5.91 Å². The van der Waals surface area contributed by atoms with Gasteiger partial charge in [-0.05, 0) is 25.8 Å². The molecule has 0 radical (unpaired) electrons. The Morgan fingerprint density at radius 3 is 2.75 bits per heavy atom. The highest BCUT2D eigenvalue weighted by Gasteiger charge is 2.24. The lowest BCUT2D eigenvalue weighted by Crippen LogP contribution is -2.41. The average Bonchev–Trinajstić information content (AvgIpc) is 3.20. The fraction of sp³-hybridized carbons (Fsp3) is 0.429. The number of hydrogen-bond donors (Lipinski definition) is 2. The minimum Gasteiger partial charge on any atom is -0.335 e. The van der Waals surface area contributed by atoms with Crippen LogP contribution in [0.3, 0.4) is 0 Å². The number of urea groups is 1. The van der Waals surface area contributed by atoms with E-state index in [1.165, 1.54) is 17.8 Å². The van der Waals surface area contributed by atoms with Crippen molar-refractivity contribution in [3.63, 3.8) is 0 Å². The third kappa shape index (κ3) is 4.52. The van der Waals surface area contributed by atoms with E-state index in [0.29, 0.717) is 5.56 Å². The van der Waals surface area contributed by atoms with Crippen LogP contribution in [0.1, 0.15) is 30.6 Å². The van der Waals surface area contributed by atoms with Crippen molar-refractivity contribution >= 4 is 23.7 Å². The van der Waals surface area contributed by atoms with E-state index in [-0.39, 0.29) is 28.8 Å². The van der Waals surface area contributed by atoms with Gasteiger partial charge in [-0.15, -0.1) is 11.8 Å². The van der Waals surface area contributed by atoms with Crippen LogP contribution < -0.4 is 10.6 Å². The van der Waals surface area contributed by atoms with Gasteiger partial charge in [-0.2, -0.15) is 0 Å². The molecule has 1 aromatic rings. The number of halogens is 1. The lowest BCUT2D eigenvalue weighted by atomic mass is 10.1. The second-order valence-electron chi connectivity index (χ2n) is 4.77. The normalized spacial score (nSPS) is 15.5. The summed E-state index contributed by atoms with van der Waals surface area (Å²) in [6.45, 7) is 1.83. The highest BCUT2D eigenvalue weighted by molar-refractivity contribution is 8.00. The predicted octanol–water partition coefficient (Wildman–Crippen LogP) is 2.61. The van der Waals surface area contributed by atoms with Crippen molar-refractivity contribution in [3.8, 4) is 0 Å². The number of nitrogens with one attached hydrogen (secondary N) is 2. The van der Waals surface area contributed by atoms with Gasteiger partial charge in [0, 0.05) is 16.9 Å². The van der Waals surface area contributed by atoms with Gasteiger partial charge in [0.15, 0.2) is 0 Å². The largest absolute Gasteiger partial charge is 0.335 e. The highest BCUT2D eigenvalue weighted by Crippen LogP contribution is 2.29. The number of amides is 3. The first-order valence-electron chi connectivity index (χ1n) is 6.52. The van der Waals surface area contributed by atoms with Gasteiger partial charge in [-0.1, -0.05) is 18.2 Å². The topological polar surface area (TPSA) is 58.2 Å². The lowest BCUT2D eigenvalue weighted by Gasteiger charge is -2.12. The summed E-state index contributed by atoms with van der Waals surface area (Å²) < 4.78 is 13.5. The quantitative estimate of drug-likeness (QED) is 0.878.